The lowest BCUT2D eigenvalue weighted by atomic mass is 10.2. The van der Waals surface area contributed by atoms with Crippen LogP contribution in [0.1, 0.15) is 11.3 Å². The molecule has 15 heteroatoms. The summed E-state index contributed by atoms with van der Waals surface area (Å²) in [7, 11) is -8.15. The van der Waals surface area contributed by atoms with Crippen LogP contribution in [0, 0.1) is 0 Å². The van der Waals surface area contributed by atoms with Gasteiger partial charge in [-0.2, -0.15) is 13.7 Å². The zero-order valence-corrected chi connectivity index (χ0v) is 26.1. The van der Waals surface area contributed by atoms with Gasteiger partial charge in [0.05, 0.1) is 28.8 Å². The van der Waals surface area contributed by atoms with Gasteiger partial charge in [-0.1, -0.05) is 36.4 Å². The number of hydrazone groups is 1. The number of nitrogens with zero attached hydrogens (tertiary/aromatic N) is 3. The Morgan fingerprint density at radius 1 is 0.848 bits per heavy atom. The highest BCUT2D eigenvalue weighted by atomic mass is 32.2. The molecule has 4 aromatic rings. The number of carbonyl (C=O) groups excluding carboxylic acids is 2. The van der Waals surface area contributed by atoms with E-state index in [1.807, 2.05) is 0 Å². The summed E-state index contributed by atoms with van der Waals surface area (Å²) in [5.41, 5.74) is 2.93. The van der Waals surface area contributed by atoms with E-state index in [4.69, 9.17) is 9.15 Å². The van der Waals surface area contributed by atoms with Crippen LogP contribution in [0.15, 0.2) is 123 Å². The lowest BCUT2D eigenvalue weighted by molar-refractivity contribution is -0.126. The van der Waals surface area contributed by atoms with Crippen LogP contribution >= 0.6 is 0 Å². The topological polar surface area (TPSA) is 168 Å². The molecule has 0 radical (unpaired) electrons. The summed E-state index contributed by atoms with van der Waals surface area (Å²) in [6.45, 7) is -0.755. The minimum absolute atomic E-state index is 0.0204. The molecule has 0 aliphatic carbocycles. The zero-order valence-electron chi connectivity index (χ0n) is 24.4. The lowest BCUT2D eigenvalue weighted by Crippen LogP contribution is -2.60. The van der Waals surface area contributed by atoms with Crippen molar-refractivity contribution in [3.05, 3.63) is 115 Å². The first-order chi connectivity index (χ1) is 22.1. The van der Waals surface area contributed by atoms with Gasteiger partial charge in [-0.25, -0.2) is 22.3 Å². The lowest BCUT2D eigenvalue weighted by Gasteiger charge is -2.38. The summed E-state index contributed by atoms with van der Waals surface area (Å²) >= 11 is 0. The maximum atomic E-state index is 13.5. The van der Waals surface area contributed by atoms with Gasteiger partial charge in [0.2, 0.25) is 20.0 Å². The number of hydrogen-bond donors (Lipinski definition) is 2. The summed E-state index contributed by atoms with van der Waals surface area (Å²) in [6.07, 6.45) is 2.86. The molecule has 1 saturated heterocycles. The van der Waals surface area contributed by atoms with Crippen molar-refractivity contribution in [2.45, 2.75) is 22.4 Å². The van der Waals surface area contributed by atoms with Gasteiger partial charge in [-0.05, 0) is 66.2 Å². The van der Waals surface area contributed by atoms with Gasteiger partial charge in [-0.15, -0.1) is 0 Å². The minimum Gasteiger partial charge on any atom is -0.484 e. The second-order valence-electron chi connectivity index (χ2n) is 10.1. The summed E-state index contributed by atoms with van der Waals surface area (Å²) in [4.78, 5) is 25.4. The van der Waals surface area contributed by atoms with Gasteiger partial charge < -0.3 is 14.5 Å². The minimum atomic E-state index is -4.15. The number of rotatable bonds is 12. The number of furan rings is 1. The quantitative estimate of drug-likeness (QED) is 0.172. The number of nitrogens with one attached hydrogen (secondary N) is 2. The molecule has 1 aromatic heterocycles. The smallest absolute Gasteiger partial charge is 0.259 e. The highest BCUT2D eigenvalue weighted by Gasteiger charge is 2.43. The first-order valence-corrected chi connectivity index (χ1v) is 17.0. The van der Waals surface area contributed by atoms with Crippen molar-refractivity contribution in [2.24, 2.45) is 5.10 Å². The number of benzene rings is 3. The molecule has 0 spiro atoms. The molecular weight excluding hydrogens is 635 g/mol. The highest BCUT2D eigenvalue weighted by molar-refractivity contribution is 7.89. The van der Waals surface area contributed by atoms with Gasteiger partial charge in [0, 0.05) is 19.6 Å². The first-order valence-electron chi connectivity index (χ1n) is 14.1. The van der Waals surface area contributed by atoms with Crippen LogP contribution in [0.25, 0.3) is 0 Å². The van der Waals surface area contributed by atoms with Gasteiger partial charge in [0.1, 0.15) is 17.6 Å². The Bertz CT molecular complexity index is 1870. The van der Waals surface area contributed by atoms with Crippen LogP contribution < -0.4 is 15.5 Å². The van der Waals surface area contributed by atoms with E-state index < -0.39 is 38.5 Å². The van der Waals surface area contributed by atoms with E-state index in [-0.39, 0.29) is 41.9 Å². The molecule has 13 nitrogen and oxygen atoms in total. The van der Waals surface area contributed by atoms with Crippen LogP contribution in [-0.2, 0) is 36.2 Å². The van der Waals surface area contributed by atoms with E-state index >= 15 is 0 Å². The fourth-order valence-corrected chi connectivity index (χ4v) is 7.67. The molecule has 1 atom stereocenters. The van der Waals surface area contributed by atoms with E-state index in [1.54, 1.807) is 72.8 Å². The zero-order chi connectivity index (χ0) is 32.6. The number of sulfonamides is 2. The Hall–Kier alpha value is -4.83. The molecule has 1 aliphatic rings. The Morgan fingerprint density at radius 2 is 1.50 bits per heavy atom. The van der Waals surface area contributed by atoms with Crippen LogP contribution in [0.2, 0.25) is 0 Å². The van der Waals surface area contributed by atoms with Crippen molar-refractivity contribution in [1.29, 1.82) is 0 Å². The normalized spacial score (nSPS) is 16.2. The second-order valence-corrected chi connectivity index (χ2v) is 13.9. The summed E-state index contributed by atoms with van der Waals surface area (Å²) in [6, 6.07) is 23.9. The third kappa shape index (κ3) is 7.87. The predicted molar refractivity (Wildman–Crippen MR) is 168 cm³/mol. The Kier molecular flexibility index (Phi) is 10.3. The van der Waals surface area contributed by atoms with Gasteiger partial charge in [-0.3, -0.25) is 9.59 Å². The third-order valence-electron chi connectivity index (χ3n) is 7.01. The molecule has 2 amide bonds. The van der Waals surface area contributed by atoms with Crippen LogP contribution in [-0.4, -0.2) is 75.8 Å². The van der Waals surface area contributed by atoms with E-state index in [1.165, 1.54) is 36.7 Å². The van der Waals surface area contributed by atoms with Crippen LogP contribution in [0.4, 0.5) is 0 Å². The molecule has 3 aromatic carbocycles. The summed E-state index contributed by atoms with van der Waals surface area (Å²) < 4.78 is 66.5. The van der Waals surface area contributed by atoms with Crippen molar-refractivity contribution in [3.8, 4) is 5.75 Å². The largest absolute Gasteiger partial charge is 0.484 e. The molecule has 240 valence electrons. The first kappa shape index (κ1) is 32.6. The highest BCUT2D eigenvalue weighted by Crippen LogP contribution is 2.25. The van der Waals surface area contributed by atoms with E-state index in [2.05, 4.69) is 15.8 Å². The number of carbonyl (C=O) groups is 2. The molecule has 0 bridgehead atoms. The molecule has 1 aliphatic heterocycles. The van der Waals surface area contributed by atoms with Gasteiger partial charge in [0.15, 0.2) is 6.61 Å². The SMILES string of the molecule is O=C(COc1ccc(/C=N\NC(=O)[C@@H]2CN(S(=O)(=O)c3ccccc3)CCN2S(=O)(=O)c2ccccc2)cc1)NCc1ccco1. The average Bonchev–Trinajstić information content (AvgIpc) is 3.61. The molecule has 0 saturated carbocycles. The Labute approximate surface area is 266 Å². The number of hydrogen-bond acceptors (Lipinski definition) is 9. The van der Waals surface area contributed by atoms with Crippen LogP contribution in [0.3, 0.4) is 0 Å². The van der Waals surface area contributed by atoms with Gasteiger partial charge in [0.25, 0.3) is 11.8 Å². The van der Waals surface area contributed by atoms with Crippen molar-refractivity contribution >= 4 is 38.1 Å². The summed E-state index contributed by atoms with van der Waals surface area (Å²) in [5.74, 6) is -0.0826. The Balaban J connectivity index is 1.24. The van der Waals surface area contributed by atoms with E-state index in [0.717, 1.165) is 8.61 Å². The molecule has 0 unspecified atom stereocenters. The number of ether oxygens (including phenoxy) is 1. The maximum absolute atomic E-state index is 13.5. The van der Waals surface area contributed by atoms with E-state index in [0.29, 0.717) is 17.1 Å². The fraction of sp³-hybridized carbons (Fsp3) is 0.194. The second kappa shape index (κ2) is 14.5. The monoisotopic (exact) mass is 665 g/mol. The van der Waals surface area contributed by atoms with Crippen molar-refractivity contribution in [3.63, 3.8) is 0 Å². The average molecular weight is 666 g/mol. The Morgan fingerprint density at radius 3 is 2.13 bits per heavy atom. The van der Waals surface area contributed by atoms with Crippen LogP contribution in [0.5, 0.6) is 5.75 Å². The molecule has 46 heavy (non-hydrogen) atoms. The molecular formula is C31H31N5O8S2. The molecule has 2 heterocycles. The van der Waals surface area contributed by atoms with E-state index in [9.17, 15) is 26.4 Å². The third-order valence-corrected chi connectivity index (χ3v) is 10.8. The molecule has 1 fully saturated rings. The molecule has 2 N–H and O–H groups in total. The van der Waals surface area contributed by atoms with Crippen molar-refractivity contribution in [1.82, 2.24) is 19.4 Å². The molecule has 5 rings (SSSR count). The number of amides is 2. The fourth-order valence-electron chi connectivity index (χ4n) is 4.62. The summed E-state index contributed by atoms with van der Waals surface area (Å²) in [5, 5.41) is 6.65. The standard InChI is InChI=1S/C31H31N5O8S2/c37-30(32-21-26-8-7-19-43-26)23-44-25-15-13-24(14-16-25)20-33-34-31(38)29-22-35(45(39,40)27-9-3-1-4-10-27)17-18-36(29)46(41,42)28-11-5-2-6-12-28/h1-16,19-20,29H,17-18,21-23H2,(H,32,37)(H,34,38)/b33-20-/t29-/m0/s1. The predicted octanol–water partition coefficient (Wildman–Crippen LogP) is 2.19. The van der Waals surface area contributed by atoms with Crippen molar-refractivity contribution in [2.75, 3.05) is 26.2 Å². The maximum Gasteiger partial charge on any atom is 0.259 e. The number of piperazine rings is 1. The van der Waals surface area contributed by atoms with Crippen molar-refractivity contribution < 1.29 is 35.6 Å². The van der Waals surface area contributed by atoms with Gasteiger partial charge >= 0.3 is 0 Å².